The van der Waals surface area contributed by atoms with E-state index in [1.807, 2.05) is 0 Å². The molecule has 0 radical (unpaired) electrons. The van der Waals surface area contributed by atoms with E-state index in [2.05, 4.69) is 129 Å². The van der Waals surface area contributed by atoms with Crippen LogP contribution < -0.4 is 5.32 Å². The van der Waals surface area contributed by atoms with Crippen molar-refractivity contribution in [1.82, 2.24) is 0 Å². The zero-order valence-corrected chi connectivity index (χ0v) is 17.3. The molecule has 0 amide bonds. The van der Waals surface area contributed by atoms with Crippen molar-refractivity contribution in [3.05, 3.63) is 120 Å². The van der Waals surface area contributed by atoms with E-state index in [0.717, 1.165) is 11.4 Å². The number of anilines is 2. The molecule has 1 N–H and O–H groups in total. The molecular formula is C28H27N. The Labute approximate surface area is 174 Å². The largest absolute Gasteiger partial charge is 0.356 e. The van der Waals surface area contributed by atoms with Crippen LogP contribution in [0.1, 0.15) is 30.5 Å². The summed E-state index contributed by atoms with van der Waals surface area (Å²) < 4.78 is 0. The third-order valence-electron chi connectivity index (χ3n) is 5.66. The van der Waals surface area contributed by atoms with Gasteiger partial charge in [-0.1, -0.05) is 98.3 Å². The van der Waals surface area contributed by atoms with Crippen LogP contribution >= 0.6 is 0 Å². The van der Waals surface area contributed by atoms with Gasteiger partial charge in [-0.2, -0.15) is 0 Å². The first-order valence-corrected chi connectivity index (χ1v) is 10.1. The van der Waals surface area contributed by atoms with Gasteiger partial charge in [0.05, 0.1) is 0 Å². The fraction of sp³-hybridized carbons (Fsp3) is 0.143. The second-order valence-corrected chi connectivity index (χ2v) is 8.14. The Morgan fingerprint density at radius 3 is 1.52 bits per heavy atom. The lowest BCUT2D eigenvalue weighted by molar-refractivity contribution is 0.641. The van der Waals surface area contributed by atoms with Crippen LogP contribution in [0.4, 0.5) is 11.4 Å². The van der Waals surface area contributed by atoms with Gasteiger partial charge in [0.15, 0.2) is 0 Å². The molecule has 0 aromatic heterocycles. The third kappa shape index (κ3) is 4.25. The quantitative estimate of drug-likeness (QED) is 0.375. The first-order valence-electron chi connectivity index (χ1n) is 10.1. The molecule has 0 spiro atoms. The average Bonchev–Trinajstić information content (AvgIpc) is 2.76. The lowest BCUT2D eigenvalue weighted by Crippen LogP contribution is -2.18. The van der Waals surface area contributed by atoms with Crippen LogP contribution in [0.15, 0.2) is 103 Å². The van der Waals surface area contributed by atoms with Crippen molar-refractivity contribution in [3.63, 3.8) is 0 Å². The molecule has 4 aromatic rings. The van der Waals surface area contributed by atoms with Gasteiger partial charge < -0.3 is 5.32 Å². The zero-order valence-electron chi connectivity index (χ0n) is 17.3. The molecule has 0 saturated carbocycles. The van der Waals surface area contributed by atoms with Crippen molar-refractivity contribution in [1.29, 1.82) is 0 Å². The predicted molar refractivity (Wildman–Crippen MR) is 125 cm³/mol. The maximum Gasteiger partial charge on any atom is 0.0384 e. The Bertz CT molecular complexity index is 1060. The van der Waals surface area contributed by atoms with E-state index >= 15 is 0 Å². The maximum atomic E-state index is 3.51. The molecule has 0 aliphatic rings. The topological polar surface area (TPSA) is 12.0 Å². The minimum atomic E-state index is -0.0184. The summed E-state index contributed by atoms with van der Waals surface area (Å²) in [5.74, 6) is 0. The van der Waals surface area contributed by atoms with Gasteiger partial charge in [-0.3, -0.25) is 0 Å². The Hall–Kier alpha value is -3.32. The molecule has 144 valence electrons. The summed E-state index contributed by atoms with van der Waals surface area (Å²) >= 11 is 0. The summed E-state index contributed by atoms with van der Waals surface area (Å²) in [6, 6.07) is 36.7. The van der Waals surface area contributed by atoms with Crippen molar-refractivity contribution >= 4 is 11.4 Å². The molecule has 0 bridgehead atoms. The van der Waals surface area contributed by atoms with Gasteiger partial charge in [-0.05, 0) is 53.4 Å². The zero-order chi connectivity index (χ0) is 20.3. The first kappa shape index (κ1) is 19.0. The van der Waals surface area contributed by atoms with Crippen LogP contribution in [0, 0.1) is 6.92 Å². The first-order chi connectivity index (χ1) is 14.0. The standard InChI is InChI=1S/C28H27N/c1-21-9-11-22(12-10-21)23-13-17-26(18-14-23)29-27-19-15-25(16-20-27)28(2,3)24-7-5-4-6-8-24/h4-20,29H,1-3H3. The van der Waals surface area contributed by atoms with E-state index in [1.54, 1.807) is 0 Å². The van der Waals surface area contributed by atoms with Crippen molar-refractivity contribution in [3.8, 4) is 11.1 Å². The summed E-state index contributed by atoms with van der Waals surface area (Å²) in [5.41, 5.74) is 8.57. The second kappa shape index (κ2) is 7.97. The lowest BCUT2D eigenvalue weighted by atomic mass is 9.78. The average molecular weight is 378 g/mol. The van der Waals surface area contributed by atoms with Crippen LogP contribution in [0.5, 0.6) is 0 Å². The lowest BCUT2D eigenvalue weighted by Gasteiger charge is -2.26. The molecule has 4 rings (SSSR count). The van der Waals surface area contributed by atoms with Crippen molar-refractivity contribution in [2.45, 2.75) is 26.2 Å². The summed E-state index contributed by atoms with van der Waals surface area (Å²) in [6.45, 7) is 6.66. The molecule has 0 aliphatic heterocycles. The van der Waals surface area contributed by atoms with Crippen LogP contribution in [-0.2, 0) is 5.41 Å². The van der Waals surface area contributed by atoms with Crippen LogP contribution in [-0.4, -0.2) is 0 Å². The summed E-state index contributed by atoms with van der Waals surface area (Å²) in [4.78, 5) is 0. The number of hydrogen-bond donors (Lipinski definition) is 1. The Kier molecular flexibility index (Phi) is 5.22. The minimum absolute atomic E-state index is 0.0184. The van der Waals surface area contributed by atoms with Gasteiger partial charge in [-0.15, -0.1) is 0 Å². The molecule has 4 aromatic carbocycles. The van der Waals surface area contributed by atoms with Gasteiger partial charge >= 0.3 is 0 Å². The minimum Gasteiger partial charge on any atom is -0.356 e. The molecule has 0 saturated heterocycles. The molecule has 1 heteroatoms. The highest BCUT2D eigenvalue weighted by atomic mass is 14.9. The van der Waals surface area contributed by atoms with Crippen molar-refractivity contribution < 1.29 is 0 Å². The van der Waals surface area contributed by atoms with Gasteiger partial charge in [0.1, 0.15) is 0 Å². The SMILES string of the molecule is Cc1ccc(-c2ccc(Nc3ccc(C(C)(C)c4ccccc4)cc3)cc2)cc1. The molecule has 0 atom stereocenters. The van der Waals surface area contributed by atoms with E-state index < -0.39 is 0 Å². The maximum absolute atomic E-state index is 3.51. The van der Waals surface area contributed by atoms with E-state index in [1.165, 1.54) is 27.8 Å². The van der Waals surface area contributed by atoms with Crippen LogP contribution in [0.2, 0.25) is 0 Å². The van der Waals surface area contributed by atoms with Crippen LogP contribution in [0.25, 0.3) is 11.1 Å². The normalized spacial score (nSPS) is 11.3. The molecule has 0 aliphatic carbocycles. The summed E-state index contributed by atoms with van der Waals surface area (Å²) in [6.07, 6.45) is 0. The molecular weight excluding hydrogens is 350 g/mol. The number of benzene rings is 4. The monoisotopic (exact) mass is 377 g/mol. The molecule has 1 nitrogen and oxygen atoms in total. The molecule has 0 heterocycles. The van der Waals surface area contributed by atoms with E-state index in [0.29, 0.717) is 0 Å². The molecule has 29 heavy (non-hydrogen) atoms. The number of rotatable bonds is 5. The highest BCUT2D eigenvalue weighted by Gasteiger charge is 2.22. The number of nitrogens with one attached hydrogen (secondary N) is 1. The fourth-order valence-corrected chi connectivity index (χ4v) is 3.65. The van der Waals surface area contributed by atoms with Gasteiger partial charge in [0.25, 0.3) is 0 Å². The highest BCUT2D eigenvalue weighted by molar-refractivity contribution is 5.68. The molecule has 0 unspecified atom stereocenters. The Balaban J connectivity index is 1.48. The van der Waals surface area contributed by atoms with E-state index in [9.17, 15) is 0 Å². The van der Waals surface area contributed by atoms with E-state index in [-0.39, 0.29) is 5.41 Å². The fourth-order valence-electron chi connectivity index (χ4n) is 3.65. The predicted octanol–water partition coefficient (Wildman–Crippen LogP) is 7.73. The highest BCUT2D eigenvalue weighted by Crippen LogP contribution is 2.32. The smallest absolute Gasteiger partial charge is 0.0384 e. The van der Waals surface area contributed by atoms with E-state index in [4.69, 9.17) is 0 Å². The van der Waals surface area contributed by atoms with Crippen molar-refractivity contribution in [2.75, 3.05) is 5.32 Å². The van der Waals surface area contributed by atoms with Gasteiger partial charge in [0.2, 0.25) is 0 Å². The van der Waals surface area contributed by atoms with Gasteiger partial charge in [-0.25, -0.2) is 0 Å². The van der Waals surface area contributed by atoms with Gasteiger partial charge in [0, 0.05) is 16.8 Å². The van der Waals surface area contributed by atoms with Crippen molar-refractivity contribution in [2.24, 2.45) is 0 Å². The third-order valence-corrected chi connectivity index (χ3v) is 5.66. The second-order valence-electron chi connectivity index (χ2n) is 8.14. The van der Waals surface area contributed by atoms with Crippen LogP contribution in [0.3, 0.4) is 0 Å². The molecule has 0 fully saturated rings. The Morgan fingerprint density at radius 2 is 0.966 bits per heavy atom. The Morgan fingerprint density at radius 1 is 0.517 bits per heavy atom. The number of aryl methyl sites for hydroxylation is 1. The number of hydrogen-bond acceptors (Lipinski definition) is 1. The summed E-state index contributed by atoms with van der Waals surface area (Å²) in [5, 5.41) is 3.51. The summed E-state index contributed by atoms with van der Waals surface area (Å²) in [7, 11) is 0.